The molecule has 4 N–H and O–H groups in total. The van der Waals surface area contributed by atoms with E-state index in [2.05, 4.69) is 15.3 Å². The van der Waals surface area contributed by atoms with Crippen LogP contribution < -0.4 is 16.0 Å². The van der Waals surface area contributed by atoms with E-state index in [1.807, 2.05) is 0 Å². The number of aromatic carboxylic acids is 1. The van der Waals surface area contributed by atoms with Gasteiger partial charge in [-0.2, -0.15) is 0 Å². The Morgan fingerprint density at radius 3 is 2.55 bits per heavy atom. The van der Waals surface area contributed by atoms with Gasteiger partial charge in [-0.25, -0.2) is 19.2 Å². The Balaban J connectivity index is 1.93. The zero-order valence-corrected chi connectivity index (χ0v) is 16.8. The Morgan fingerprint density at radius 1 is 1.19 bits per heavy atom. The molecule has 1 aliphatic rings. The zero-order valence-electron chi connectivity index (χ0n) is 16.0. The quantitative estimate of drug-likeness (QED) is 0.500. The number of amides is 1. The van der Waals surface area contributed by atoms with Crippen molar-refractivity contribution in [2.24, 2.45) is 5.73 Å². The molecule has 4 rings (SSSR count). The summed E-state index contributed by atoms with van der Waals surface area (Å²) >= 11 is 6.08. The van der Waals surface area contributed by atoms with Crippen LogP contribution in [-0.4, -0.2) is 27.0 Å². The number of fused-ring (bicyclic) bond motifs is 1. The molecule has 2 aromatic heterocycles. The van der Waals surface area contributed by atoms with Gasteiger partial charge in [0, 0.05) is 12.4 Å². The van der Waals surface area contributed by atoms with Crippen LogP contribution >= 0.6 is 11.6 Å². The molecule has 1 aromatic carbocycles. The number of benzene rings is 1. The number of aromatic nitrogens is 2. The third-order valence-corrected chi connectivity index (χ3v) is 5.22. The molecule has 1 aliphatic heterocycles. The first kappa shape index (κ1) is 20.5. The van der Waals surface area contributed by atoms with Crippen LogP contribution in [0.1, 0.15) is 40.1 Å². The third kappa shape index (κ3) is 3.99. The van der Waals surface area contributed by atoms with Gasteiger partial charge in [-0.05, 0) is 41.5 Å². The second-order valence-corrected chi connectivity index (χ2v) is 7.35. The highest BCUT2D eigenvalue weighted by Gasteiger charge is 2.40. The molecule has 0 saturated carbocycles. The van der Waals surface area contributed by atoms with Gasteiger partial charge in [-0.3, -0.25) is 4.79 Å². The molecule has 0 spiro atoms. The summed E-state index contributed by atoms with van der Waals surface area (Å²) in [5.74, 6) is -1.84. The van der Waals surface area contributed by atoms with Crippen LogP contribution in [0.15, 0.2) is 54.9 Å². The zero-order chi connectivity index (χ0) is 22.1. The number of hydrogen-bond acceptors (Lipinski definition) is 6. The van der Waals surface area contributed by atoms with Gasteiger partial charge >= 0.3 is 5.97 Å². The predicted molar refractivity (Wildman–Crippen MR) is 112 cm³/mol. The van der Waals surface area contributed by atoms with Gasteiger partial charge < -0.3 is 21.1 Å². The highest BCUT2D eigenvalue weighted by molar-refractivity contribution is 6.29. The lowest BCUT2D eigenvalue weighted by molar-refractivity contribution is -0.118. The van der Waals surface area contributed by atoms with Gasteiger partial charge in [-0.1, -0.05) is 23.7 Å². The fraction of sp³-hybridized carbons (Fsp3) is 0.143. The minimum atomic E-state index is -1.16. The predicted octanol–water partition coefficient (Wildman–Crippen LogP) is 3.51. The molecule has 158 valence electrons. The van der Waals surface area contributed by atoms with Gasteiger partial charge in [0.15, 0.2) is 5.82 Å². The number of primary amides is 1. The number of nitrogens with two attached hydrogens (primary N) is 1. The molecule has 0 radical (unpaired) electrons. The summed E-state index contributed by atoms with van der Waals surface area (Å²) in [4.78, 5) is 33.9. The second kappa shape index (κ2) is 8.19. The normalized spacial score (nSPS) is 15.8. The van der Waals surface area contributed by atoms with Gasteiger partial charge in [0.25, 0.3) is 0 Å². The van der Waals surface area contributed by atoms with Crippen molar-refractivity contribution in [2.45, 2.75) is 18.6 Å². The first-order valence-electron chi connectivity index (χ1n) is 9.27. The van der Waals surface area contributed by atoms with Crippen molar-refractivity contribution in [3.8, 4) is 0 Å². The van der Waals surface area contributed by atoms with Crippen molar-refractivity contribution in [3.05, 3.63) is 82.5 Å². The van der Waals surface area contributed by atoms with E-state index in [1.54, 1.807) is 29.2 Å². The molecular formula is C21H17ClFN5O3. The topological polar surface area (TPSA) is 121 Å². The lowest BCUT2D eigenvalue weighted by Crippen LogP contribution is -2.35. The molecule has 3 aromatic rings. The van der Waals surface area contributed by atoms with Gasteiger partial charge in [0.2, 0.25) is 5.91 Å². The number of anilines is 2. The standard InChI is InChI=1S/C21H17ClFN5O3/c22-16-9-12(5-7-25-16)15(10-17(24)29)28-18-14(21(30)31)6-8-26-19(18)27-20(28)11-1-3-13(23)4-2-11/h1-9,15,20H,10H2,(H2,24,29)(H,26,27)(H,30,31). The molecule has 10 heteroatoms. The Morgan fingerprint density at radius 2 is 1.90 bits per heavy atom. The van der Waals surface area contributed by atoms with E-state index in [9.17, 15) is 19.1 Å². The average molecular weight is 442 g/mol. The van der Waals surface area contributed by atoms with Crippen LogP contribution in [0.25, 0.3) is 0 Å². The van der Waals surface area contributed by atoms with Crippen LogP contribution in [0.5, 0.6) is 0 Å². The van der Waals surface area contributed by atoms with E-state index >= 15 is 0 Å². The molecule has 31 heavy (non-hydrogen) atoms. The van der Waals surface area contributed by atoms with Crippen LogP contribution in [0.2, 0.25) is 5.15 Å². The maximum absolute atomic E-state index is 13.5. The number of pyridine rings is 2. The fourth-order valence-corrected chi connectivity index (χ4v) is 3.92. The number of carbonyl (C=O) groups excluding carboxylic acids is 1. The maximum atomic E-state index is 13.5. The van der Waals surface area contributed by atoms with Crippen molar-refractivity contribution in [1.82, 2.24) is 9.97 Å². The molecule has 2 unspecified atom stereocenters. The number of rotatable bonds is 6. The van der Waals surface area contributed by atoms with E-state index in [1.165, 1.54) is 30.6 Å². The Labute approximate surface area is 181 Å². The summed E-state index contributed by atoms with van der Waals surface area (Å²) in [6, 6.07) is 9.71. The fourth-order valence-electron chi connectivity index (χ4n) is 3.74. The summed E-state index contributed by atoms with van der Waals surface area (Å²) < 4.78 is 13.5. The first-order chi connectivity index (χ1) is 14.8. The van der Waals surface area contributed by atoms with E-state index < -0.39 is 29.9 Å². The number of nitrogens with zero attached hydrogens (tertiary/aromatic N) is 3. The molecule has 1 amide bonds. The van der Waals surface area contributed by atoms with Crippen molar-refractivity contribution < 1.29 is 19.1 Å². The van der Waals surface area contributed by atoms with E-state index in [-0.39, 0.29) is 17.1 Å². The van der Waals surface area contributed by atoms with Gasteiger partial charge in [-0.15, -0.1) is 0 Å². The summed E-state index contributed by atoms with van der Waals surface area (Å²) in [5, 5.41) is 13.2. The first-order valence-corrected chi connectivity index (χ1v) is 9.65. The minimum Gasteiger partial charge on any atom is -0.478 e. The van der Waals surface area contributed by atoms with E-state index in [0.29, 0.717) is 22.6 Å². The largest absolute Gasteiger partial charge is 0.478 e. The Hall–Kier alpha value is -3.72. The molecule has 0 fully saturated rings. The minimum absolute atomic E-state index is 0.00302. The summed E-state index contributed by atoms with van der Waals surface area (Å²) in [6.45, 7) is 0. The van der Waals surface area contributed by atoms with Crippen LogP contribution in [0.3, 0.4) is 0 Å². The lowest BCUT2D eigenvalue weighted by Gasteiger charge is -2.35. The van der Waals surface area contributed by atoms with Crippen molar-refractivity contribution >= 4 is 35.0 Å². The van der Waals surface area contributed by atoms with Crippen molar-refractivity contribution in [1.29, 1.82) is 0 Å². The molecule has 0 bridgehead atoms. The summed E-state index contributed by atoms with van der Waals surface area (Å²) in [7, 11) is 0. The number of nitrogens with one attached hydrogen (secondary N) is 1. The van der Waals surface area contributed by atoms with Gasteiger partial charge in [0.1, 0.15) is 17.1 Å². The molecule has 0 saturated heterocycles. The number of carboxylic acid groups (broad SMARTS) is 1. The summed E-state index contributed by atoms with van der Waals surface area (Å²) in [5.41, 5.74) is 7.09. The molecule has 3 heterocycles. The van der Waals surface area contributed by atoms with Crippen LogP contribution in [-0.2, 0) is 4.79 Å². The Kier molecular flexibility index (Phi) is 5.43. The second-order valence-electron chi connectivity index (χ2n) is 6.96. The monoisotopic (exact) mass is 441 g/mol. The highest BCUT2D eigenvalue weighted by Crippen LogP contribution is 2.48. The van der Waals surface area contributed by atoms with Crippen LogP contribution in [0, 0.1) is 5.82 Å². The highest BCUT2D eigenvalue weighted by atomic mass is 35.5. The average Bonchev–Trinajstić information content (AvgIpc) is 3.11. The number of carboxylic acids is 1. The van der Waals surface area contributed by atoms with E-state index in [0.717, 1.165) is 0 Å². The SMILES string of the molecule is NC(=O)CC(c1ccnc(Cl)c1)N1c2c(C(=O)O)ccnc2NC1c1ccc(F)cc1. The van der Waals surface area contributed by atoms with Gasteiger partial charge in [0.05, 0.1) is 23.7 Å². The summed E-state index contributed by atoms with van der Waals surface area (Å²) in [6.07, 6.45) is 2.10. The van der Waals surface area contributed by atoms with Crippen molar-refractivity contribution in [2.75, 3.05) is 10.2 Å². The van der Waals surface area contributed by atoms with Crippen molar-refractivity contribution in [3.63, 3.8) is 0 Å². The third-order valence-electron chi connectivity index (χ3n) is 5.02. The molecule has 0 aliphatic carbocycles. The number of hydrogen-bond donors (Lipinski definition) is 3. The number of halogens is 2. The van der Waals surface area contributed by atoms with Crippen LogP contribution in [0.4, 0.5) is 15.9 Å². The van der Waals surface area contributed by atoms with E-state index in [4.69, 9.17) is 17.3 Å². The molecular weight excluding hydrogens is 425 g/mol. The maximum Gasteiger partial charge on any atom is 0.338 e. The molecule has 8 nitrogen and oxygen atoms in total. The number of carbonyl (C=O) groups is 2. The Bertz CT molecular complexity index is 1160. The molecule has 2 atom stereocenters. The smallest absolute Gasteiger partial charge is 0.338 e. The lowest BCUT2D eigenvalue weighted by atomic mass is 9.99.